The van der Waals surface area contributed by atoms with E-state index in [9.17, 15) is 9.59 Å². The summed E-state index contributed by atoms with van der Waals surface area (Å²) in [6.07, 6.45) is 0. The molecule has 2 aliphatic heterocycles. The number of fused-ring (bicyclic) bond motifs is 4. The Morgan fingerprint density at radius 2 is 1.48 bits per heavy atom. The number of nitrogens with one attached hydrogen (secondary N) is 1. The van der Waals surface area contributed by atoms with Crippen molar-refractivity contribution in [2.24, 2.45) is 0 Å². The number of hydrogen-bond donors (Lipinski definition) is 1. The predicted octanol–water partition coefficient (Wildman–Crippen LogP) is 7.42. The number of aromatic nitrogens is 1. The van der Waals surface area contributed by atoms with Crippen molar-refractivity contribution in [3.63, 3.8) is 0 Å². The monoisotopic (exact) mass is 568 g/mol. The molecule has 0 saturated heterocycles. The third kappa shape index (κ3) is 4.61. The Hall–Kier alpha value is -3.88. The fraction of sp³-hybridized carbons (Fsp3) is 0.188. The Morgan fingerprint density at radius 3 is 2.25 bits per heavy atom. The van der Waals surface area contributed by atoms with Gasteiger partial charge in [-0.2, -0.15) is 0 Å². The number of benzene rings is 3. The number of para-hydroxylation sites is 2. The first kappa shape index (κ1) is 26.3. The molecule has 40 heavy (non-hydrogen) atoms. The Morgan fingerprint density at radius 1 is 0.800 bits per heavy atom. The first-order chi connectivity index (χ1) is 19.6. The smallest absolute Gasteiger partial charge is 0.340 e. The Bertz CT molecular complexity index is 1640. The molecule has 0 radical (unpaired) electrons. The summed E-state index contributed by atoms with van der Waals surface area (Å²) < 4.78 is 13.4. The first-order valence-electron chi connectivity index (χ1n) is 13.2. The minimum Gasteiger partial charge on any atom is -0.462 e. The number of ether oxygens (including phenoxy) is 2. The maximum Gasteiger partial charge on any atom is 0.340 e. The summed E-state index contributed by atoms with van der Waals surface area (Å²) in [5, 5.41) is 3.50. The van der Waals surface area contributed by atoms with Crippen molar-refractivity contribution in [3.05, 3.63) is 101 Å². The molecule has 0 fully saturated rings. The second-order valence-corrected chi connectivity index (χ2v) is 11.2. The van der Waals surface area contributed by atoms with Crippen molar-refractivity contribution in [1.29, 1.82) is 0 Å². The zero-order valence-corrected chi connectivity index (χ0v) is 23.9. The summed E-state index contributed by atoms with van der Waals surface area (Å²) in [5.41, 5.74) is 6.36. The van der Waals surface area contributed by atoms with E-state index in [2.05, 4.69) is 28.1 Å². The van der Waals surface area contributed by atoms with Gasteiger partial charge in [0.2, 0.25) is 0 Å². The summed E-state index contributed by atoms with van der Waals surface area (Å²) in [6, 6.07) is 26.1. The van der Waals surface area contributed by atoms with Gasteiger partial charge in [0.1, 0.15) is 0 Å². The van der Waals surface area contributed by atoms with Gasteiger partial charge >= 0.3 is 11.9 Å². The second kappa shape index (κ2) is 11.3. The molecule has 202 valence electrons. The van der Waals surface area contributed by atoms with Crippen LogP contribution in [-0.4, -0.2) is 35.5 Å². The molecular weight excluding hydrogens is 540 g/mol. The van der Waals surface area contributed by atoms with Crippen LogP contribution in [0, 0.1) is 0 Å². The maximum atomic E-state index is 13.9. The number of nitrogens with zero attached hydrogens (tertiary/aromatic N) is 1. The molecule has 0 saturated carbocycles. The van der Waals surface area contributed by atoms with Gasteiger partial charge in [0, 0.05) is 38.3 Å². The van der Waals surface area contributed by atoms with E-state index in [1.165, 1.54) is 0 Å². The van der Waals surface area contributed by atoms with Crippen LogP contribution in [0.15, 0.2) is 94.4 Å². The van der Waals surface area contributed by atoms with Gasteiger partial charge in [0.15, 0.2) is 0 Å². The number of thioether (sulfide) groups is 2. The van der Waals surface area contributed by atoms with Gasteiger partial charge in [-0.05, 0) is 43.7 Å². The van der Waals surface area contributed by atoms with Crippen LogP contribution in [0.4, 0.5) is 5.69 Å². The Kier molecular flexibility index (Phi) is 7.45. The molecule has 0 atom stereocenters. The molecule has 8 heteroatoms. The average molecular weight is 569 g/mol. The van der Waals surface area contributed by atoms with Gasteiger partial charge in [-0.15, -0.1) is 23.5 Å². The van der Waals surface area contributed by atoms with E-state index in [0.717, 1.165) is 38.1 Å². The molecule has 0 aliphatic carbocycles. The van der Waals surface area contributed by atoms with Gasteiger partial charge in [0.05, 0.1) is 41.4 Å². The van der Waals surface area contributed by atoms with Crippen molar-refractivity contribution < 1.29 is 19.1 Å². The Balaban J connectivity index is 1.73. The van der Waals surface area contributed by atoms with Crippen LogP contribution in [0.3, 0.4) is 0 Å². The number of hydrogen-bond acceptors (Lipinski definition) is 7. The SMILES string of the molecule is CCOC(=O)/C(=C1/CSc2ccccc2N1)c1c(C(=O)OCC)c2n(c1-c1ccccc1)-c1ccccc1SC2. The zero-order chi connectivity index (χ0) is 27.6. The van der Waals surface area contributed by atoms with Crippen LogP contribution in [-0.2, 0) is 20.0 Å². The minimum absolute atomic E-state index is 0.209. The average Bonchev–Trinajstić information content (AvgIpc) is 3.33. The van der Waals surface area contributed by atoms with Gasteiger partial charge in [-0.3, -0.25) is 0 Å². The molecule has 0 spiro atoms. The third-order valence-electron chi connectivity index (χ3n) is 6.84. The molecule has 1 aromatic heterocycles. The van der Waals surface area contributed by atoms with Crippen LogP contribution in [0.25, 0.3) is 22.5 Å². The molecule has 0 amide bonds. The Labute approximate surface area is 241 Å². The highest BCUT2D eigenvalue weighted by Crippen LogP contribution is 2.48. The summed E-state index contributed by atoms with van der Waals surface area (Å²) in [4.78, 5) is 30.0. The quantitative estimate of drug-likeness (QED) is 0.192. The van der Waals surface area contributed by atoms with Gasteiger partial charge in [-0.1, -0.05) is 54.6 Å². The van der Waals surface area contributed by atoms with E-state index in [4.69, 9.17) is 9.47 Å². The molecule has 3 aromatic carbocycles. The molecule has 2 aliphatic rings. The summed E-state index contributed by atoms with van der Waals surface area (Å²) >= 11 is 3.32. The summed E-state index contributed by atoms with van der Waals surface area (Å²) in [5.74, 6) is 0.154. The van der Waals surface area contributed by atoms with E-state index in [1.807, 2.05) is 60.7 Å². The number of rotatable bonds is 6. The zero-order valence-electron chi connectivity index (χ0n) is 22.2. The summed E-state index contributed by atoms with van der Waals surface area (Å²) in [7, 11) is 0. The van der Waals surface area contributed by atoms with Crippen LogP contribution in [0.1, 0.15) is 35.5 Å². The molecule has 6 nitrogen and oxygen atoms in total. The molecule has 4 aromatic rings. The van der Waals surface area contributed by atoms with Crippen molar-refractivity contribution in [2.75, 3.05) is 24.3 Å². The van der Waals surface area contributed by atoms with Crippen LogP contribution >= 0.6 is 23.5 Å². The normalized spacial score (nSPS) is 14.8. The summed E-state index contributed by atoms with van der Waals surface area (Å²) in [6.45, 7) is 4.02. The van der Waals surface area contributed by atoms with Gasteiger partial charge in [0.25, 0.3) is 0 Å². The second-order valence-electron chi connectivity index (χ2n) is 9.21. The van der Waals surface area contributed by atoms with E-state index < -0.39 is 11.9 Å². The predicted molar refractivity (Wildman–Crippen MR) is 161 cm³/mol. The fourth-order valence-corrected chi connectivity index (χ4v) is 7.24. The first-order valence-corrected chi connectivity index (χ1v) is 15.2. The van der Waals surface area contributed by atoms with E-state index in [-0.39, 0.29) is 13.2 Å². The largest absolute Gasteiger partial charge is 0.462 e. The van der Waals surface area contributed by atoms with E-state index >= 15 is 0 Å². The minimum atomic E-state index is -0.475. The standard InChI is InChI=1S/C32H28N2O4S2/c1-3-37-31(35)27(22-18-39-25-16-10-8-14-21(25)33-22)29-28(32(36)38-4-2)24-19-40-26-17-11-9-15-23(26)34(24)30(29)20-12-6-5-7-13-20/h5-17,33H,3-4,18-19H2,1-2H3/b27-22-. The van der Waals surface area contributed by atoms with Crippen molar-refractivity contribution >= 4 is 46.7 Å². The molecule has 1 N–H and O–H groups in total. The van der Waals surface area contributed by atoms with Gasteiger partial charge < -0.3 is 19.4 Å². The molecule has 3 heterocycles. The van der Waals surface area contributed by atoms with Crippen LogP contribution in [0.5, 0.6) is 0 Å². The van der Waals surface area contributed by atoms with Crippen molar-refractivity contribution in [2.45, 2.75) is 29.4 Å². The number of esters is 2. The number of anilines is 1. The molecule has 6 rings (SSSR count). The lowest BCUT2D eigenvalue weighted by Crippen LogP contribution is -2.19. The molecular formula is C32H28N2O4S2. The van der Waals surface area contributed by atoms with E-state index in [1.54, 1.807) is 37.4 Å². The number of carbonyl (C=O) groups is 2. The highest BCUT2D eigenvalue weighted by atomic mass is 32.2. The fourth-order valence-electron chi connectivity index (χ4n) is 5.23. The number of carbonyl (C=O) groups excluding carboxylic acids is 2. The highest BCUT2D eigenvalue weighted by molar-refractivity contribution is 7.99. The topological polar surface area (TPSA) is 69.6 Å². The third-order valence-corrected chi connectivity index (χ3v) is 9.02. The van der Waals surface area contributed by atoms with E-state index in [0.29, 0.717) is 33.9 Å². The van der Waals surface area contributed by atoms with Gasteiger partial charge in [-0.25, -0.2) is 9.59 Å². The molecule has 0 unspecified atom stereocenters. The van der Waals surface area contributed by atoms with Crippen molar-refractivity contribution in [3.8, 4) is 16.9 Å². The lowest BCUT2D eigenvalue weighted by Gasteiger charge is -2.24. The molecule has 0 bridgehead atoms. The lowest BCUT2D eigenvalue weighted by atomic mass is 9.95. The lowest BCUT2D eigenvalue weighted by molar-refractivity contribution is -0.136. The highest BCUT2D eigenvalue weighted by Gasteiger charge is 2.38. The van der Waals surface area contributed by atoms with Crippen LogP contribution in [0.2, 0.25) is 0 Å². The maximum absolute atomic E-state index is 13.9. The van der Waals surface area contributed by atoms with Crippen LogP contribution < -0.4 is 5.32 Å². The van der Waals surface area contributed by atoms with Crippen molar-refractivity contribution in [1.82, 2.24) is 4.57 Å².